The van der Waals surface area contributed by atoms with Crippen molar-refractivity contribution >= 4 is 11.6 Å². The fourth-order valence-corrected chi connectivity index (χ4v) is 1.99. The van der Waals surface area contributed by atoms with Crippen LogP contribution in [0.4, 0.5) is 5.69 Å². The molecule has 0 bridgehead atoms. The summed E-state index contributed by atoms with van der Waals surface area (Å²) in [4.78, 5) is 14.1. The SMILES string of the molecule is CCCN(Cc1ccc(N)cc1)C(=O)c1cc(C)no1. The van der Waals surface area contributed by atoms with E-state index in [4.69, 9.17) is 10.3 Å². The molecule has 2 aromatic rings. The molecule has 5 heteroatoms. The van der Waals surface area contributed by atoms with Crippen LogP contribution in [-0.4, -0.2) is 22.5 Å². The maximum Gasteiger partial charge on any atom is 0.292 e. The molecule has 2 N–H and O–H groups in total. The lowest BCUT2D eigenvalue weighted by atomic mass is 10.2. The summed E-state index contributed by atoms with van der Waals surface area (Å²) < 4.78 is 5.05. The molecular formula is C15H19N3O2. The molecule has 0 aliphatic rings. The van der Waals surface area contributed by atoms with Crippen molar-refractivity contribution < 1.29 is 9.32 Å². The molecule has 0 aliphatic carbocycles. The molecule has 1 aromatic heterocycles. The molecule has 0 radical (unpaired) electrons. The van der Waals surface area contributed by atoms with Crippen molar-refractivity contribution in [2.45, 2.75) is 26.8 Å². The normalized spacial score (nSPS) is 10.5. The van der Waals surface area contributed by atoms with E-state index in [0.717, 1.165) is 12.0 Å². The summed E-state index contributed by atoms with van der Waals surface area (Å²) >= 11 is 0. The van der Waals surface area contributed by atoms with E-state index in [1.807, 2.05) is 31.2 Å². The number of hydrogen-bond donors (Lipinski definition) is 1. The number of rotatable bonds is 5. The maximum atomic E-state index is 12.4. The van der Waals surface area contributed by atoms with Crippen molar-refractivity contribution in [3.63, 3.8) is 0 Å². The van der Waals surface area contributed by atoms with E-state index in [1.165, 1.54) is 0 Å². The van der Waals surface area contributed by atoms with E-state index >= 15 is 0 Å². The van der Waals surface area contributed by atoms with Gasteiger partial charge in [0, 0.05) is 24.8 Å². The summed E-state index contributed by atoms with van der Waals surface area (Å²) in [6.45, 7) is 5.04. The van der Waals surface area contributed by atoms with Gasteiger partial charge in [0.25, 0.3) is 5.91 Å². The Morgan fingerprint density at radius 2 is 2.05 bits per heavy atom. The second-order valence-corrected chi connectivity index (χ2v) is 4.80. The van der Waals surface area contributed by atoms with E-state index in [-0.39, 0.29) is 11.7 Å². The fourth-order valence-electron chi connectivity index (χ4n) is 1.99. The molecule has 5 nitrogen and oxygen atoms in total. The molecule has 1 aromatic carbocycles. The Morgan fingerprint density at radius 1 is 1.35 bits per heavy atom. The van der Waals surface area contributed by atoms with Crippen LogP contribution in [0.5, 0.6) is 0 Å². The van der Waals surface area contributed by atoms with Gasteiger partial charge >= 0.3 is 0 Å². The number of nitrogen functional groups attached to an aromatic ring is 1. The Hall–Kier alpha value is -2.30. The van der Waals surface area contributed by atoms with Crippen LogP contribution in [0.1, 0.15) is 35.2 Å². The third kappa shape index (κ3) is 3.38. The average Bonchev–Trinajstić information content (AvgIpc) is 2.86. The van der Waals surface area contributed by atoms with Crippen molar-refractivity contribution in [3.8, 4) is 0 Å². The van der Waals surface area contributed by atoms with Gasteiger partial charge in [-0.2, -0.15) is 0 Å². The van der Waals surface area contributed by atoms with Crippen LogP contribution < -0.4 is 5.73 Å². The lowest BCUT2D eigenvalue weighted by Crippen LogP contribution is -2.31. The zero-order valence-corrected chi connectivity index (χ0v) is 11.8. The minimum Gasteiger partial charge on any atom is -0.399 e. The first-order valence-electron chi connectivity index (χ1n) is 6.67. The highest BCUT2D eigenvalue weighted by atomic mass is 16.5. The Morgan fingerprint density at radius 3 is 2.60 bits per heavy atom. The second kappa shape index (κ2) is 6.23. The Kier molecular flexibility index (Phi) is 4.40. The largest absolute Gasteiger partial charge is 0.399 e. The van der Waals surface area contributed by atoms with Crippen LogP contribution in [-0.2, 0) is 6.54 Å². The predicted octanol–water partition coefficient (Wildman–Crippen LogP) is 2.62. The van der Waals surface area contributed by atoms with Crippen LogP contribution in [0.3, 0.4) is 0 Å². The number of carbonyl (C=O) groups is 1. The molecule has 0 atom stereocenters. The number of aryl methyl sites for hydroxylation is 1. The number of carbonyl (C=O) groups excluding carboxylic acids is 1. The van der Waals surface area contributed by atoms with Crippen LogP contribution in [0.15, 0.2) is 34.9 Å². The summed E-state index contributed by atoms with van der Waals surface area (Å²) in [5, 5.41) is 3.76. The average molecular weight is 273 g/mol. The van der Waals surface area contributed by atoms with Gasteiger partial charge in [0.15, 0.2) is 0 Å². The summed E-state index contributed by atoms with van der Waals surface area (Å²) in [7, 11) is 0. The number of aromatic nitrogens is 1. The van der Waals surface area contributed by atoms with Crippen molar-refractivity contribution in [3.05, 3.63) is 47.3 Å². The first kappa shape index (κ1) is 14.1. The molecule has 106 valence electrons. The third-order valence-electron chi connectivity index (χ3n) is 2.97. The summed E-state index contributed by atoms with van der Waals surface area (Å²) in [5.41, 5.74) is 8.13. The Balaban J connectivity index is 2.14. The highest BCUT2D eigenvalue weighted by Gasteiger charge is 2.19. The second-order valence-electron chi connectivity index (χ2n) is 4.80. The molecule has 0 unspecified atom stereocenters. The van der Waals surface area contributed by atoms with E-state index in [1.54, 1.807) is 17.9 Å². The number of amides is 1. The van der Waals surface area contributed by atoms with Gasteiger partial charge in [-0.3, -0.25) is 4.79 Å². The van der Waals surface area contributed by atoms with Crippen LogP contribution >= 0.6 is 0 Å². The zero-order valence-electron chi connectivity index (χ0n) is 11.8. The van der Waals surface area contributed by atoms with Gasteiger partial charge < -0.3 is 15.2 Å². The van der Waals surface area contributed by atoms with Gasteiger partial charge in [-0.1, -0.05) is 24.2 Å². The fraction of sp³-hybridized carbons (Fsp3) is 0.333. The molecule has 0 saturated heterocycles. The highest BCUT2D eigenvalue weighted by Crippen LogP contribution is 2.13. The van der Waals surface area contributed by atoms with Crippen LogP contribution in [0, 0.1) is 6.92 Å². The molecule has 0 spiro atoms. The number of benzene rings is 1. The van der Waals surface area contributed by atoms with Gasteiger partial charge in [-0.15, -0.1) is 0 Å². The minimum atomic E-state index is -0.135. The summed E-state index contributed by atoms with van der Waals surface area (Å²) in [6, 6.07) is 9.19. The van der Waals surface area contributed by atoms with Crippen LogP contribution in [0.25, 0.3) is 0 Å². The number of anilines is 1. The lowest BCUT2D eigenvalue weighted by molar-refractivity contribution is 0.0701. The molecule has 0 aliphatic heterocycles. The third-order valence-corrected chi connectivity index (χ3v) is 2.97. The van der Waals surface area contributed by atoms with Crippen molar-refractivity contribution in [2.24, 2.45) is 0 Å². The Labute approximate surface area is 118 Å². The minimum absolute atomic E-state index is 0.135. The molecule has 0 saturated carbocycles. The summed E-state index contributed by atoms with van der Waals surface area (Å²) in [6.07, 6.45) is 0.883. The maximum absolute atomic E-state index is 12.4. The molecule has 1 heterocycles. The van der Waals surface area contributed by atoms with Gasteiger partial charge in [0.2, 0.25) is 5.76 Å². The van der Waals surface area contributed by atoms with E-state index in [2.05, 4.69) is 5.16 Å². The smallest absolute Gasteiger partial charge is 0.292 e. The van der Waals surface area contributed by atoms with E-state index in [0.29, 0.717) is 24.5 Å². The molecule has 2 rings (SSSR count). The molecule has 0 fully saturated rings. The van der Waals surface area contributed by atoms with Gasteiger partial charge in [-0.05, 0) is 31.0 Å². The van der Waals surface area contributed by atoms with Gasteiger partial charge in [0.1, 0.15) is 0 Å². The van der Waals surface area contributed by atoms with E-state index in [9.17, 15) is 4.79 Å². The first-order chi connectivity index (χ1) is 9.60. The highest BCUT2D eigenvalue weighted by molar-refractivity contribution is 5.91. The van der Waals surface area contributed by atoms with Crippen molar-refractivity contribution in [1.82, 2.24) is 10.1 Å². The first-order valence-corrected chi connectivity index (χ1v) is 6.67. The predicted molar refractivity (Wildman–Crippen MR) is 77.1 cm³/mol. The topological polar surface area (TPSA) is 72.4 Å². The standard InChI is InChI=1S/C15H19N3O2/c1-3-8-18(10-12-4-6-13(16)7-5-12)15(19)14-9-11(2)17-20-14/h4-7,9H,3,8,10,16H2,1-2H3. The summed E-state index contributed by atoms with van der Waals surface area (Å²) in [5.74, 6) is 0.149. The van der Waals surface area contributed by atoms with Crippen LogP contribution in [0.2, 0.25) is 0 Å². The zero-order chi connectivity index (χ0) is 14.5. The molecular weight excluding hydrogens is 254 g/mol. The molecule has 1 amide bonds. The number of hydrogen-bond acceptors (Lipinski definition) is 4. The van der Waals surface area contributed by atoms with Crippen molar-refractivity contribution in [2.75, 3.05) is 12.3 Å². The number of nitrogens with two attached hydrogens (primary N) is 1. The number of nitrogens with zero attached hydrogens (tertiary/aromatic N) is 2. The monoisotopic (exact) mass is 273 g/mol. The van der Waals surface area contributed by atoms with E-state index < -0.39 is 0 Å². The Bertz CT molecular complexity index is 575. The molecule has 20 heavy (non-hydrogen) atoms. The van der Waals surface area contributed by atoms with Crippen molar-refractivity contribution in [1.29, 1.82) is 0 Å². The van der Waals surface area contributed by atoms with Gasteiger partial charge in [0.05, 0.1) is 5.69 Å². The lowest BCUT2D eigenvalue weighted by Gasteiger charge is -2.20. The quantitative estimate of drug-likeness (QED) is 0.850. The van der Waals surface area contributed by atoms with Gasteiger partial charge in [-0.25, -0.2) is 0 Å².